The van der Waals surface area contributed by atoms with Crippen LogP contribution in [0.2, 0.25) is 0 Å². The third-order valence-corrected chi connectivity index (χ3v) is 3.06. The topological polar surface area (TPSA) is 32.5 Å². The molecule has 0 bridgehead atoms. The number of nitrogens with two attached hydrogens (primary N) is 1. The van der Waals surface area contributed by atoms with E-state index in [1.807, 2.05) is 0 Å². The van der Waals surface area contributed by atoms with Crippen molar-refractivity contribution in [2.24, 2.45) is 11.1 Å². The molecule has 12 heavy (non-hydrogen) atoms. The summed E-state index contributed by atoms with van der Waals surface area (Å²) in [6, 6.07) is 0. The highest BCUT2D eigenvalue weighted by Gasteiger charge is 2.45. The van der Waals surface area contributed by atoms with Gasteiger partial charge in [-0.25, -0.2) is 0 Å². The van der Waals surface area contributed by atoms with Crippen molar-refractivity contribution in [1.29, 1.82) is 0 Å². The first kappa shape index (κ1) is 7.92. The van der Waals surface area contributed by atoms with Crippen LogP contribution in [0, 0.1) is 5.41 Å². The minimum atomic E-state index is 0.553. The molecule has 0 radical (unpaired) electrons. The highest BCUT2D eigenvalue weighted by atomic mass is 15.3. The van der Waals surface area contributed by atoms with Gasteiger partial charge in [0.15, 0.2) is 0 Å². The molecule has 0 unspecified atom stereocenters. The molecular weight excluding hydrogens is 150 g/mol. The van der Waals surface area contributed by atoms with Crippen LogP contribution in [0.5, 0.6) is 0 Å². The SMILES string of the molecule is C=C(N)N1CCC2(CN(C)C2)C1. The average Bonchev–Trinajstić information content (AvgIpc) is 2.31. The highest BCUT2D eigenvalue weighted by molar-refractivity contribution is 5.04. The van der Waals surface area contributed by atoms with Crippen molar-refractivity contribution in [3.63, 3.8) is 0 Å². The lowest BCUT2D eigenvalue weighted by atomic mass is 9.79. The van der Waals surface area contributed by atoms with Gasteiger partial charge in [-0.2, -0.15) is 0 Å². The summed E-state index contributed by atoms with van der Waals surface area (Å²) >= 11 is 0. The second-order valence-corrected chi connectivity index (χ2v) is 4.34. The van der Waals surface area contributed by atoms with Crippen LogP contribution in [0.3, 0.4) is 0 Å². The molecule has 0 aromatic rings. The van der Waals surface area contributed by atoms with Crippen molar-refractivity contribution in [1.82, 2.24) is 9.80 Å². The minimum absolute atomic E-state index is 0.553. The lowest BCUT2D eigenvalue weighted by molar-refractivity contribution is 0.0334. The molecule has 68 valence electrons. The molecule has 0 atom stereocenters. The van der Waals surface area contributed by atoms with E-state index in [1.165, 1.54) is 19.5 Å². The third kappa shape index (κ3) is 1.08. The molecule has 0 saturated carbocycles. The maximum absolute atomic E-state index is 5.65. The van der Waals surface area contributed by atoms with Crippen molar-refractivity contribution < 1.29 is 0 Å². The van der Waals surface area contributed by atoms with Crippen molar-refractivity contribution in [2.45, 2.75) is 6.42 Å². The van der Waals surface area contributed by atoms with Gasteiger partial charge in [0, 0.05) is 31.6 Å². The number of rotatable bonds is 1. The van der Waals surface area contributed by atoms with E-state index in [-0.39, 0.29) is 0 Å². The minimum Gasteiger partial charge on any atom is -0.386 e. The molecule has 3 nitrogen and oxygen atoms in total. The zero-order valence-electron chi connectivity index (χ0n) is 7.71. The van der Waals surface area contributed by atoms with E-state index < -0.39 is 0 Å². The van der Waals surface area contributed by atoms with Gasteiger partial charge in [0.1, 0.15) is 0 Å². The Morgan fingerprint density at radius 1 is 1.42 bits per heavy atom. The van der Waals surface area contributed by atoms with Gasteiger partial charge in [0.2, 0.25) is 0 Å². The molecule has 2 aliphatic heterocycles. The Hall–Kier alpha value is -0.700. The maximum Gasteiger partial charge on any atom is 0.0912 e. The predicted molar refractivity (Wildman–Crippen MR) is 49.4 cm³/mol. The Labute approximate surface area is 73.8 Å². The van der Waals surface area contributed by atoms with E-state index in [9.17, 15) is 0 Å². The monoisotopic (exact) mass is 167 g/mol. The molecule has 0 amide bonds. The molecule has 1 spiro atoms. The van der Waals surface area contributed by atoms with Crippen LogP contribution in [-0.2, 0) is 0 Å². The van der Waals surface area contributed by atoms with Crippen LogP contribution in [0.15, 0.2) is 12.4 Å². The van der Waals surface area contributed by atoms with Gasteiger partial charge in [-0.3, -0.25) is 0 Å². The summed E-state index contributed by atoms with van der Waals surface area (Å²) in [5, 5.41) is 0. The van der Waals surface area contributed by atoms with Gasteiger partial charge < -0.3 is 15.5 Å². The fourth-order valence-electron chi connectivity index (χ4n) is 2.54. The molecule has 2 aliphatic rings. The van der Waals surface area contributed by atoms with Gasteiger partial charge in [-0.1, -0.05) is 6.58 Å². The van der Waals surface area contributed by atoms with E-state index in [1.54, 1.807) is 0 Å². The molecule has 0 aromatic heterocycles. The zero-order chi connectivity index (χ0) is 8.77. The predicted octanol–water partition coefficient (Wildman–Crippen LogP) is 0.0538. The van der Waals surface area contributed by atoms with Crippen molar-refractivity contribution in [3.05, 3.63) is 12.4 Å². The summed E-state index contributed by atoms with van der Waals surface area (Å²) in [4.78, 5) is 4.57. The summed E-state index contributed by atoms with van der Waals surface area (Å²) < 4.78 is 0. The van der Waals surface area contributed by atoms with Crippen LogP contribution in [0.1, 0.15) is 6.42 Å². The average molecular weight is 167 g/mol. The Morgan fingerprint density at radius 3 is 2.50 bits per heavy atom. The molecule has 0 aromatic carbocycles. The number of nitrogens with zero attached hydrogens (tertiary/aromatic N) is 2. The van der Waals surface area contributed by atoms with Crippen LogP contribution in [-0.4, -0.2) is 43.0 Å². The van der Waals surface area contributed by atoms with E-state index in [4.69, 9.17) is 5.73 Å². The standard InChI is InChI=1S/C9H17N3/c1-8(10)12-4-3-9(7-12)5-11(2)6-9/h1,3-7,10H2,2H3. The zero-order valence-corrected chi connectivity index (χ0v) is 7.71. The fourth-order valence-corrected chi connectivity index (χ4v) is 2.54. The van der Waals surface area contributed by atoms with Crippen molar-refractivity contribution in [3.8, 4) is 0 Å². The van der Waals surface area contributed by atoms with Gasteiger partial charge >= 0.3 is 0 Å². The number of likely N-dealkylation sites (tertiary alicyclic amines) is 2. The summed E-state index contributed by atoms with van der Waals surface area (Å²) in [6.45, 7) is 8.45. The fraction of sp³-hybridized carbons (Fsp3) is 0.778. The largest absolute Gasteiger partial charge is 0.386 e. The maximum atomic E-state index is 5.65. The van der Waals surface area contributed by atoms with Crippen LogP contribution >= 0.6 is 0 Å². The summed E-state index contributed by atoms with van der Waals surface area (Å²) in [5.74, 6) is 0.737. The van der Waals surface area contributed by atoms with Gasteiger partial charge in [0.05, 0.1) is 5.82 Å². The second kappa shape index (κ2) is 2.39. The summed E-state index contributed by atoms with van der Waals surface area (Å²) in [6.07, 6.45) is 1.29. The highest BCUT2D eigenvalue weighted by Crippen LogP contribution is 2.38. The first-order chi connectivity index (χ1) is 5.61. The van der Waals surface area contributed by atoms with E-state index in [0.29, 0.717) is 5.41 Å². The Bertz CT molecular complexity index is 206. The van der Waals surface area contributed by atoms with Gasteiger partial charge in [0.25, 0.3) is 0 Å². The Morgan fingerprint density at radius 2 is 2.08 bits per heavy atom. The second-order valence-electron chi connectivity index (χ2n) is 4.34. The van der Waals surface area contributed by atoms with Crippen LogP contribution in [0.25, 0.3) is 0 Å². The first-order valence-corrected chi connectivity index (χ1v) is 4.49. The van der Waals surface area contributed by atoms with E-state index in [2.05, 4.69) is 23.4 Å². The summed E-state index contributed by atoms with van der Waals surface area (Å²) in [7, 11) is 2.17. The molecule has 2 saturated heterocycles. The molecule has 2 fully saturated rings. The normalized spacial score (nSPS) is 27.6. The third-order valence-electron chi connectivity index (χ3n) is 3.06. The molecular formula is C9H17N3. The number of hydrogen-bond donors (Lipinski definition) is 1. The quantitative estimate of drug-likeness (QED) is 0.599. The molecule has 2 heterocycles. The Balaban J connectivity index is 1.95. The van der Waals surface area contributed by atoms with E-state index >= 15 is 0 Å². The Kier molecular flexibility index (Phi) is 1.58. The van der Waals surface area contributed by atoms with Crippen LogP contribution < -0.4 is 5.73 Å². The molecule has 0 aliphatic carbocycles. The summed E-state index contributed by atoms with van der Waals surface area (Å²) in [5.41, 5.74) is 6.20. The smallest absolute Gasteiger partial charge is 0.0912 e. The van der Waals surface area contributed by atoms with E-state index in [0.717, 1.165) is 18.9 Å². The molecule has 2 N–H and O–H groups in total. The van der Waals surface area contributed by atoms with Crippen LogP contribution in [0.4, 0.5) is 0 Å². The van der Waals surface area contributed by atoms with Crippen molar-refractivity contribution >= 4 is 0 Å². The van der Waals surface area contributed by atoms with Crippen molar-refractivity contribution in [2.75, 3.05) is 33.2 Å². The molecule has 3 heteroatoms. The number of hydrogen-bond acceptors (Lipinski definition) is 3. The first-order valence-electron chi connectivity index (χ1n) is 4.49. The molecule has 2 rings (SSSR count). The lowest BCUT2D eigenvalue weighted by Crippen LogP contribution is -2.55. The van der Waals surface area contributed by atoms with Gasteiger partial charge in [-0.05, 0) is 13.5 Å². The lowest BCUT2D eigenvalue weighted by Gasteiger charge is -2.46. The van der Waals surface area contributed by atoms with Gasteiger partial charge in [-0.15, -0.1) is 0 Å².